The highest BCUT2D eigenvalue weighted by Gasteiger charge is 2.17. The monoisotopic (exact) mass is 286 g/mol. The van der Waals surface area contributed by atoms with Crippen LogP contribution in [0.3, 0.4) is 0 Å². The second kappa shape index (κ2) is 6.26. The van der Waals surface area contributed by atoms with Crippen LogP contribution in [-0.2, 0) is 11.3 Å². The Balaban J connectivity index is 2.48. The third-order valence-corrected chi connectivity index (χ3v) is 2.88. The predicted octanol–water partition coefficient (Wildman–Crippen LogP) is 3.78. The molecule has 0 saturated carbocycles. The number of halogens is 1. The van der Waals surface area contributed by atoms with E-state index in [4.69, 9.17) is 9.47 Å². The Kier molecular flexibility index (Phi) is 5.29. The molecule has 0 amide bonds. The number of methoxy groups -OCH3 is 1. The molecule has 0 atom stereocenters. The summed E-state index contributed by atoms with van der Waals surface area (Å²) < 4.78 is 11.0. The molecule has 0 unspecified atom stereocenters. The van der Waals surface area contributed by atoms with E-state index < -0.39 is 0 Å². The Labute approximate surface area is 106 Å². The minimum atomic E-state index is -0.0799. The molecule has 0 saturated heterocycles. The minimum Gasteiger partial charge on any atom is -0.497 e. The summed E-state index contributed by atoms with van der Waals surface area (Å²) in [6.45, 7) is 4.86. The molecule has 1 rings (SSSR count). The van der Waals surface area contributed by atoms with Gasteiger partial charge >= 0.3 is 0 Å². The van der Waals surface area contributed by atoms with Gasteiger partial charge in [0.25, 0.3) is 0 Å². The van der Waals surface area contributed by atoms with Crippen LogP contribution in [-0.4, -0.2) is 18.0 Å². The quantitative estimate of drug-likeness (QED) is 0.741. The molecule has 1 aromatic rings. The average molecular weight is 287 g/mol. The van der Waals surface area contributed by atoms with Crippen molar-refractivity contribution in [3.63, 3.8) is 0 Å². The second-order valence-corrected chi connectivity index (χ2v) is 5.13. The zero-order chi connectivity index (χ0) is 12.0. The molecular weight excluding hydrogens is 268 g/mol. The van der Waals surface area contributed by atoms with Gasteiger partial charge in [0, 0.05) is 5.33 Å². The molecule has 0 N–H and O–H groups in total. The Bertz CT molecular complexity index is 306. The van der Waals surface area contributed by atoms with Gasteiger partial charge in [-0.1, -0.05) is 28.1 Å². The van der Waals surface area contributed by atoms with Gasteiger partial charge in [-0.2, -0.15) is 0 Å². The Morgan fingerprint density at radius 2 is 1.81 bits per heavy atom. The van der Waals surface area contributed by atoms with Crippen LogP contribution in [0.2, 0.25) is 0 Å². The molecule has 0 aliphatic heterocycles. The van der Waals surface area contributed by atoms with Gasteiger partial charge in [0.1, 0.15) is 5.75 Å². The molecule has 2 nitrogen and oxygen atoms in total. The van der Waals surface area contributed by atoms with E-state index in [1.807, 2.05) is 24.3 Å². The van der Waals surface area contributed by atoms with E-state index in [0.29, 0.717) is 6.61 Å². The summed E-state index contributed by atoms with van der Waals surface area (Å²) in [5, 5.41) is 0.961. The topological polar surface area (TPSA) is 18.5 Å². The Morgan fingerprint density at radius 3 is 2.31 bits per heavy atom. The van der Waals surface area contributed by atoms with Crippen molar-refractivity contribution in [3.8, 4) is 5.75 Å². The fraction of sp³-hybridized carbons (Fsp3) is 0.538. The van der Waals surface area contributed by atoms with Crippen molar-refractivity contribution in [1.29, 1.82) is 0 Å². The first kappa shape index (κ1) is 13.5. The van der Waals surface area contributed by atoms with Crippen LogP contribution in [0.1, 0.15) is 25.8 Å². The van der Waals surface area contributed by atoms with Gasteiger partial charge in [-0.05, 0) is 38.0 Å². The van der Waals surface area contributed by atoms with E-state index in [-0.39, 0.29) is 5.60 Å². The maximum atomic E-state index is 5.86. The van der Waals surface area contributed by atoms with Gasteiger partial charge in [-0.25, -0.2) is 0 Å². The van der Waals surface area contributed by atoms with E-state index in [9.17, 15) is 0 Å². The number of hydrogen-bond acceptors (Lipinski definition) is 2. The maximum Gasteiger partial charge on any atom is 0.118 e. The second-order valence-electron chi connectivity index (χ2n) is 4.34. The summed E-state index contributed by atoms with van der Waals surface area (Å²) in [5.74, 6) is 0.878. The summed E-state index contributed by atoms with van der Waals surface area (Å²) >= 11 is 3.43. The van der Waals surface area contributed by atoms with Gasteiger partial charge < -0.3 is 9.47 Å². The fourth-order valence-electron chi connectivity index (χ4n) is 1.30. The van der Waals surface area contributed by atoms with Crippen LogP contribution in [0, 0.1) is 0 Å². The minimum absolute atomic E-state index is 0.0799. The first-order valence-corrected chi connectivity index (χ1v) is 6.52. The summed E-state index contributed by atoms with van der Waals surface area (Å²) in [5.41, 5.74) is 1.09. The predicted molar refractivity (Wildman–Crippen MR) is 70.3 cm³/mol. The fourth-order valence-corrected chi connectivity index (χ4v) is 2.26. The zero-order valence-corrected chi connectivity index (χ0v) is 11.7. The third kappa shape index (κ3) is 4.54. The van der Waals surface area contributed by atoms with Crippen LogP contribution in [0.4, 0.5) is 0 Å². The van der Waals surface area contributed by atoms with Gasteiger partial charge in [-0.3, -0.25) is 0 Å². The van der Waals surface area contributed by atoms with Crippen LogP contribution in [0.15, 0.2) is 24.3 Å². The molecule has 0 aliphatic carbocycles. The summed E-state index contributed by atoms with van der Waals surface area (Å²) in [6, 6.07) is 7.97. The van der Waals surface area contributed by atoms with Gasteiger partial charge in [0.2, 0.25) is 0 Å². The van der Waals surface area contributed by atoms with E-state index in [0.717, 1.165) is 17.5 Å². The molecule has 0 aliphatic rings. The van der Waals surface area contributed by atoms with E-state index >= 15 is 0 Å². The standard InChI is InChI=1S/C13H19BrO2/c1-13(2,8-9-14)16-10-11-4-6-12(15-3)7-5-11/h4-7H,8-10H2,1-3H3. The van der Waals surface area contributed by atoms with Crippen molar-refractivity contribution in [2.45, 2.75) is 32.5 Å². The van der Waals surface area contributed by atoms with Crippen molar-refractivity contribution < 1.29 is 9.47 Å². The molecule has 0 heterocycles. The van der Waals surface area contributed by atoms with Crippen molar-refractivity contribution in [2.24, 2.45) is 0 Å². The van der Waals surface area contributed by atoms with Crippen molar-refractivity contribution in [2.75, 3.05) is 12.4 Å². The van der Waals surface area contributed by atoms with Crippen LogP contribution in [0.25, 0.3) is 0 Å². The van der Waals surface area contributed by atoms with Crippen LogP contribution >= 0.6 is 15.9 Å². The van der Waals surface area contributed by atoms with Gasteiger partial charge in [0.15, 0.2) is 0 Å². The van der Waals surface area contributed by atoms with Gasteiger partial charge in [-0.15, -0.1) is 0 Å². The number of benzene rings is 1. The molecule has 0 spiro atoms. The third-order valence-electron chi connectivity index (χ3n) is 2.49. The van der Waals surface area contributed by atoms with Crippen molar-refractivity contribution in [3.05, 3.63) is 29.8 Å². The average Bonchev–Trinajstić information content (AvgIpc) is 2.27. The molecule has 0 radical (unpaired) electrons. The number of rotatable bonds is 6. The Hall–Kier alpha value is -0.540. The highest BCUT2D eigenvalue weighted by Crippen LogP contribution is 2.19. The highest BCUT2D eigenvalue weighted by molar-refractivity contribution is 9.09. The van der Waals surface area contributed by atoms with Crippen molar-refractivity contribution in [1.82, 2.24) is 0 Å². The molecule has 0 bridgehead atoms. The first-order chi connectivity index (χ1) is 7.57. The molecule has 90 valence electrons. The molecular formula is C13H19BrO2. The number of alkyl halides is 1. The number of hydrogen-bond donors (Lipinski definition) is 0. The largest absolute Gasteiger partial charge is 0.497 e. The normalized spacial score (nSPS) is 11.5. The number of ether oxygens (including phenoxy) is 2. The maximum absolute atomic E-state index is 5.86. The van der Waals surface area contributed by atoms with E-state index in [1.165, 1.54) is 5.56 Å². The highest BCUT2D eigenvalue weighted by atomic mass is 79.9. The first-order valence-electron chi connectivity index (χ1n) is 5.40. The zero-order valence-electron chi connectivity index (χ0n) is 10.1. The Morgan fingerprint density at radius 1 is 1.19 bits per heavy atom. The molecule has 16 heavy (non-hydrogen) atoms. The summed E-state index contributed by atoms with van der Waals surface area (Å²) in [7, 11) is 1.67. The van der Waals surface area contributed by atoms with Gasteiger partial charge in [0.05, 0.1) is 19.3 Å². The molecule has 0 aromatic heterocycles. The lowest BCUT2D eigenvalue weighted by atomic mass is 10.1. The molecule has 0 fully saturated rings. The summed E-state index contributed by atoms with van der Waals surface area (Å²) in [6.07, 6.45) is 1.00. The summed E-state index contributed by atoms with van der Waals surface area (Å²) in [4.78, 5) is 0. The van der Waals surface area contributed by atoms with Crippen LogP contribution in [0.5, 0.6) is 5.75 Å². The lowest BCUT2D eigenvalue weighted by Crippen LogP contribution is -2.24. The molecule has 3 heteroatoms. The smallest absolute Gasteiger partial charge is 0.118 e. The lowest BCUT2D eigenvalue weighted by molar-refractivity contribution is -0.0306. The molecule has 1 aromatic carbocycles. The SMILES string of the molecule is COc1ccc(COC(C)(C)CCBr)cc1. The lowest BCUT2D eigenvalue weighted by Gasteiger charge is -2.24. The van der Waals surface area contributed by atoms with E-state index in [2.05, 4.69) is 29.8 Å². The van der Waals surface area contributed by atoms with Crippen molar-refractivity contribution >= 4 is 15.9 Å². The van der Waals surface area contributed by atoms with E-state index in [1.54, 1.807) is 7.11 Å². The van der Waals surface area contributed by atoms with Crippen LogP contribution < -0.4 is 4.74 Å².